The summed E-state index contributed by atoms with van der Waals surface area (Å²) in [6, 6.07) is 14.9. The molecule has 2 saturated carbocycles. The lowest BCUT2D eigenvalue weighted by atomic mass is 9.48. The number of piperidine rings is 1. The predicted molar refractivity (Wildman–Crippen MR) is 134 cm³/mol. The highest BCUT2D eigenvalue weighted by atomic mass is 16.5. The molecule has 2 bridgehead atoms. The molecule has 1 spiro atoms. The predicted octanol–water partition coefficient (Wildman–Crippen LogP) is 4.40. The first-order chi connectivity index (χ1) is 17.2. The highest BCUT2D eigenvalue weighted by Gasteiger charge is 2.74. The lowest BCUT2D eigenvalue weighted by Gasteiger charge is -2.65. The molecule has 0 aromatic heterocycles. The third-order valence-corrected chi connectivity index (χ3v) is 9.37. The second-order valence-corrected chi connectivity index (χ2v) is 11.2. The quantitative estimate of drug-likeness (QED) is 0.576. The molecule has 0 radical (unpaired) electrons. The highest BCUT2D eigenvalue weighted by Crippen LogP contribution is 2.66. The molecule has 2 heterocycles. The number of hydrogen-bond acceptors (Lipinski definition) is 5. The van der Waals surface area contributed by atoms with Crippen molar-refractivity contribution in [2.24, 2.45) is 5.92 Å². The van der Waals surface area contributed by atoms with Crippen LogP contribution < -0.4 is 9.47 Å². The second kappa shape index (κ2) is 8.09. The molecule has 184 valence electrons. The Morgan fingerprint density at radius 1 is 1.11 bits per heavy atom. The van der Waals surface area contributed by atoms with E-state index < -0.39 is 6.10 Å². The lowest BCUT2D eigenvalue weighted by Crippen LogP contribution is -2.78. The first-order valence-corrected chi connectivity index (χ1v) is 13.3. The van der Waals surface area contributed by atoms with Crippen molar-refractivity contribution in [2.45, 2.75) is 74.4 Å². The molecule has 1 saturated heterocycles. The number of likely N-dealkylation sites (tertiary alicyclic amines) is 1. The number of ether oxygens (including phenoxy) is 3. The smallest absolute Gasteiger partial charge is 0.166 e. The normalized spacial score (nSPS) is 34.7. The standard InChI is InChI=1S/C30H35NO4/c1-2-16-34-30-13-12-23(32)28-29(30)14-15-31(18-20-8-9-20)25(30)17-22-10-11-24(27(35-28)26(22)29)33-19-21-6-4-3-5-7-21/h2-7,10-11,20,23,25,28,32H,1,8-9,12-19H2/t23?,25-,28?,29+,30-/m1/s1. The minimum Gasteiger partial charge on any atom is -0.485 e. The summed E-state index contributed by atoms with van der Waals surface area (Å²) < 4.78 is 20.0. The van der Waals surface area contributed by atoms with Crippen molar-refractivity contribution in [1.29, 1.82) is 0 Å². The van der Waals surface area contributed by atoms with Crippen LogP contribution in [0.4, 0.5) is 0 Å². The fraction of sp³-hybridized carbons (Fsp3) is 0.533. The van der Waals surface area contributed by atoms with Crippen LogP contribution in [0.3, 0.4) is 0 Å². The molecule has 5 atom stereocenters. The summed E-state index contributed by atoms with van der Waals surface area (Å²) in [5.74, 6) is 2.45. The maximum absolute atomic E-state index is 11.3. The van der Waals surface area contributed by atoms with Gasteiger partial charge >= 0.3 is 0 Å². The Bertz CT molecular complexity index is 1130. The van der Waals surface area contributed by atoms with E-state index in [1.807, 2.05) is 24.3 Å². The van der Waals surface area contributed by atoms with Crippen LogP contribution in [-0.2, 0) is 23.2 Å². The topological polar surface area (TPSA) is 51.2 Å². The Hall–Kier alpha value is -2.34. The van der Waals surface area contributed by atoms with E-state index in [4.69, 9.17) is 14.2 Å². The zero-order valence-corrected chi connectivity index (χ0v) is 20.3. The molecule has 3 fully saturated rings. The van der Waals surface area contributed by atoms with Gasteiger partial charge in [-0.05, 0) is 68.2 Å². The van der Waals surface area contributed by atoms with Crippen LogP contribution >= 0.6 is 0 Å². The summed E-state index contributed by atoms with van der Waals surface area (Å²) in [4.78, 5) is 2.71. The number of nitrogens with zero attached hydrogens (tertiary/aromatic N) is 1. The van der Waals surface area contributed by atoms with E-state index in [1.165, 1.54) is 24.0 Å². The Morgan fingerprint density at radius 2 is 1.97 bits per heavy atom. The molecule has 35 heavy (non-hydrogen) atoms. The first-order valence-electron chi connectivity index (χ1n) is 13.3. The molecular weight excluding hydrogens is 438 g/mol. The molecule has 2 unspecified atom stereocenters. The molecule has 2 aliphatic heterocycles. The van der Waals surface area contributed by atoms with Crippen molar-refractivity contribution in [1.82, 2.24) is 4.90 Å². The Labute approximate surface area is 207 Å². The van der Waals surface area contributed by atoms with Crippen molar-refractivity contribution >= 4 is 0 Å². The number of rotatable bonds is 8. The van der Waals surface area contributed by atoms with Crippen molar-refractivity contribution < 1.29 is 19.3 Å². The third kappa shape index (κ3) is 3.11. The minimum atomic E-state index is -0.508. The molecular formula is C30H35NO4. The van der Waals surface area contributed by atoms with Gasteiger partial charge in [-0.25, -0.2) is 0 Å². The van der Waals surface area contributed by atoms with Gasteiger partial charge in [0.25, 0.3) is 0 Å². The van der Waals surface area contributed by atoms with Crippen molar-refractivity contribution in [3.05, 3.63) is 71.8 Å². The van der Waals surface area contributed by atoms with E-state index in [9.17, 15) is 5.11 Å². The molecule has 2 aromatic rings. The van der Waals surface area contributed by atoms with E-state index in [2.05, 4.69) is 35.7 Å². The van der Waals surface area contributed by atoms with Gasteiger partial charge in [-0.2, -0.15) is 0 Å². The maximum Gasteiger partial charge on any atom is 0.166 e. The fourth-order valence-corrected chi connectivity index (χ4v) is 7.77. The van der Waals surface area contributed by atoms with Crippen LogP contribution in [0.15, 0.2) is 55.1 Å². The van der Waals surface area contributed by atoms with Crippen LogP contribution in [0.1, 0.15) is 48.8 Å². The van der Waals surface area contributed by atoms with Gasteiger partial charge in [0.05, 0.1) is 23.7 Å². The highest BCUT2D eigenvalue weighted by molar-refractivity contribution is 5.63. The average molecular weight is 474 g/mol. The fourth-order valence-electron chi connectivity index (χ4n) is 7.77. The van der Waals surface area contributed by atoms with Crippen LogP contribution in [0.2, 0.25) is 0 Å². The molecule has 1 N–H and O–H groups in total. The number of hydrogen-bond donors (Lipinski definition) is 1. The van der Waals surface area contributed by atoms with Crippen LogP contribution in [-0.4, -0.2) is 53.6 Å². The van der Waals surface area contributed by atoms with Gasteiger partial charge in [0.2, 0.25) is 0 Å². The van der Waals surface area contributed by atoms with Crippen LogP contribution in [0, 0.1) is 5.92 Å². The summed E-state index contributed by atoms with van der Waals surface area (Å²) in [7, 11) is 0. The molecule has 7 rings (SSSR count). The van der Waals surface area contributed by atoms with Crippen molar-refractivity contribution in [3.8, 4) is 11.5 Å². The number of aliphatic hydroxyl groups excluding tert-OH is 1. The molecule has 5 heteroatoms. The Morgan fingerprint density at radius 3 is 2.77 bits per heavy atom. The van der Waals surface area contributed by atoms with Gasteiger partial charge in [0, 0.05) is 18.2 Å². The number of benzene rings is 2. The van der Waals surface area contributed by atoms with Gasteiger partial charge in [0.1, 0.15) is 12.7 Å². The second-order valence-electron chi connectivity index (χ2n) is 11.2. The molecule has 5 nitrogen and oxygen atoms in total. The van der Waals surface area contributed by atoms with Gasteiger partial charge in [-0.1, -0.05) is 42.5 Å². The lowest BCUT2D eigenvalue weighted by molar-refractivity contribution is -0.228. The van der Waals surface area contributed by atoms with Crippen LogP contribution in [0.25, 0.3) is 0 Å². The summed E-state index contributed by atoms with van der Waals surface area (Å²) in [6.45, 7) is 7.17. The zero-order valence-electron chi connectivity index (χ0n) is 20.3. The SMILES string of the molecule is C=CCO[C@@]12CCC(O)C3Oc4c(OCc5ccccc5)ccc5c4[C@@]31CCN(CC1CC1)[C@@H]2C5. The van der Waals surface area contributed by atoms with Crippen molar-refractivity contribution in [3.63, 3.8) is 0 Å². The van der Waals surface area contributed by atoms with Gasteiger partial charge in [0.15, 0.2) is 11.5 Å². The van der Waals surface area contributed by atoms with Crippen molar-refractivity contribution in [2.75, 3.05) is 19.7 Å². The number of aliphatic hydroxyl groups is 1. The van der Waals surface area contributed by atoms with E-state index in [-0.39, 0.29) is 17.1 Å². The Kier molecular flexibility index (Phi) is 5.06. The van der Waals surface area contributed by atoms with E-state index >= 15 is 0 Å². The Balaban J connectivity index is 1.34. The minimum absolute atomic E-state index is 0.296. The van der Waals surface area contributed by atoms with E-state index in [0.29, 0.717) is 25.7 Å². The summed E-state index contributed by atoms with van der Waals surface area (Å²) in [5, 5.41) is 11.3. The largest absolute Gasteiger partial charge is 0.485 e. The van der Waals surface area contributed by atoms with Gasteiger partial charge in [-0.15, -0.1) is 6.58 Å². The average Bonchev–Trinajstić information content (AvgIpc) is 3.63. The third-order valence-electron chi connectivity index (χ3n) is 9.37. The van der Waals surface area contributed by atoms with Gasteiger partial charge in [-0.3, -0.25) is 4.90 Å². The van der Waals surface area contributed by atoms with Gasteiger partial charge < -0.3 is 19.3 Å². The molecule has 2 aromatic carbocycles. The molecule has 3 aliphatic carbocycles. The molecule has 5 aliphatic rings. The van der Waals surface area contributed by atoms with E-state index in [1.54, 1.807) is 0 Å². The summed E-state index contributed by atoms with van der Waals surface area (Å²) in [6.07, 6.45) is 7.20. The zero-order chi connectivity index (χ0) is 23.6. The van der Waals surface area contributed by atoms with E-state index in [0.717, 1.165) is 55.3 Å². The summed E-state index contributed by atoms with van der Waals surface area (Å²) >= 11 is 0. The maximum atomic E-state index is 11.3. The monoisotopic (exact) mass is 473 g/mol. The molecule has 0 amide bonds. The first kappa shape index (κ1) is 21.9. The summed E-state index contributed by atoms with van der Waals surface area (Å²) in [5.41, 5.74) is 2.98. The van der Waals surface area contributed by atoms with Crippen LogP contribution in [0.5, 0.6) is 11.5 Å².